The second-order valence-corrected chi connectivity index (χ2v) is 5.60. The highest BCUT2D eigenvalue weighted by Crippen LogP contribution is 2.22. The second-order valence-electron chi connectivity index (χ2n) is 3.80. The van der Waals surface area contributed by atoms with E-state index in [4.69, 9.17) is 11.6 Å². The van der Waals surface area contributed by atoms with Crippen LogP contribution in [0.4, 0.5) is 8.78 Å². The lowest BCUT2D eigenvalue weighted by Crippen LogP contribution is -2.13. The number of hydrogen-bond donors (Lipinski definition) is 1. The molecule has 0 unspecified atom stereocenters. The molecule has 1 aromatic carbocycles. The summed E-state index contributed by atoms with van der Waals surface area (Å²) in [5.41, 5.74) is 0.699. The van der Waals surface area contributed by atoms with Crippen LogP contribution in [-0.2, 0) is 13.1 Å². The minimum Gasteiger partial charge on any atom is -0.434 e. The van der Waals surface area contributed by atoms with Crippen LogP contribution in [0, 0.1) is 0 Å². The molecule has 0 saturated heterocycles. The molecular weight excluding hydrogens is 292 g/mol. The Kier molecular flexibility index (Phi) is 5.13. The van der Waals surface area contributed by atoms with E-state index in [1.807, 2.05) is 12.1 Å². The average Bonchev–Trinajstić information content (AvgIpc) is 2.77. The number of benzene rings is 1. The van der Waals surface area contributed by atoms with Crippen molar-refractivity contribution in [3.63, 3.8) is 0 Å². The van der Waals surface area contributed by atoms with Gasteiger partial charge in [-0.1, -0.05) is 29.8 Å². The minimum atomic E-state index is -2.81. The number of nitrogens with one attached hydrogen (secondary N) is 1. The van der Waals surface area contributed by atoms with Crippen molar-refractivity contribution >= 4 is 22.9 Å². The van der Waals surface area contributed by atoms with Crippen LogP contribution in [-0.4, -0.2) is 6.61 Å². The topological polar surface area (TPSA) is 21.3 Å². The zero-order valence-corrected chi connectivity index (χ0v) is 11.5. The van der Waals surface area contributed by atoms with E-state index in [1.165, 1.54) is 17.4 Å². The summed E-state index contributed by atoms with van der Waals surface area (Å²) >= 11 is 7.32. The van der Waals surface area contributed by atoms with Crippen molar-refractivity contribution in [2.24, 2.45) is 0 Å². The lowest BCUT2D eigenvalue weighted by Gasteiger charge is -2.10. The Hall–Kier alpha value is -1.17. The summed E-state index contributed by atoms with van der Waals surface area (Å²) < 4.78 is 29.7. The fraction of sp³-hybridized carbons (Fsp3) is 0.231. The summed E-state index contributed by atoms with van der Waals surface area (Å²) in [6.07, 6.45) is 0. The summed E-state index contributed by atoms with van der Waals surface area (Å²) in [7, 11) is 0. The van der Waals surface area contributed by atoms with Gasteiger partial charge in [0.1, 0.15) is 5.75 Å². The first kappa shape index (κ1) is 14.2. The van der Waals surface area contributed by atoms with Gasteiger partial charge in [0.2, 0.25) is 0 Å². The molecule has 19 heavy (non-hydrogen) atoms. The highest BCUT2D eigenvalue weighted by atomic mass is 35.5. The van der Waals surface area contributed by atoms with Crippen LogP contribution in [0.5, 0.6) is 5.75 Å². The van der Waals surface area contributed by atoms with Crippen LogP contribution >= 0.6 is 22.9 Å². The van der Waals surface area contributed by atoms with Crippen molar-refractivity contribution in [3.05, 3.63) is 51.2 Å². The Morgan fingerprint density at radius 1 is 1.16 bits per heavy atom. The molecular formula is C13H12ClF2NOS. The van der Waals surface area contributed by atoms with E-state index in [1.54, 1.807) is 18.2 Å². The number of ether oxygens (including phenoxy) is 1. The van der Waals surface area contributed by atoms with E-state index in [-0.39, 0.29) is 5.75 Å². The number of hydrogen-bond acceptors (Lipinski definition) is 3. The normalized spacial score (nSPS) is 10.9. The Morgan fingerprint density at radius 2 is 1.95 bits per heavy atom. The molecule has 1 N–H and O–H groups in total. The fourth-order valence-corrected chi connectivity index (χ4v) is 2.69. The zero-order valence-electron chi connectivity index (χ0n) is 9.91. The highest BCUT2D eigenvalue weighted by Gasteiger charge is 2.08. The first-order valence-electron chi connectivity index (χ1n) is 5.63. The van der Waals surface area contributed by atoms with Gasteiger partial charge in [0.25, 0.3) is 0 Å². The predicted molar refractivity (Wildman–Crippen MR) is 72.9 cm³/mol. The molecule has 0 aliphatic heterocycles. The molecule has 0 aliphatic carbocycles. The lowest BCUT2D eigenvalue weighted by atomic mass is 10.2. The molecule has 1 heterocycles. The molecule has 0 saturated carbocycles. The maximum Gasteiger partial charge on any atom is 0.387 e. The van der Waals surface area contributed by atoms with Gasteiger partial charge in [-0.3, -0.25) is 0 Å². The van der Waals surface area contributed by atoms with E-state index in [9.17, 15) is 8.78 Å². The Bertz CT molecular complexity index is 533. The summed E-state index contributed by atoms with van der Waals surface area (Å²) in [6.45, 7) is -1.71. The first-order chi connectivity index (χ1) is 9.15. The molecule has 1 aromatic heterocycles. The van der Waals surface area contributed by atoms with Crippen molar-refractivity contribution in [1.29, 1.82) is 0 Å². The largest absolute Gasteiger partial charge is 0.434 e. The summed E-state index contributed by atoms with van der Waals surface area (Å²) in [6, 6.07) is 10.5. The summed E-state index contributed by atoms with van der Waals surface area (Å²) in [4.78, 5) is 1.09. The van der Waals surface area contributed by atoms with Crippen LogP contribution in [0.2, 0.25) is 4.34 Å². The van der Waals surface area contributed by atoms with Gasteiger partial charge >= 0.3 is 6.61 Å². The molecule has 0 amide bonds. The Morgan fingerprint density at radius 3 is 2.63 bits per heavy atom. The van der Waals surface area contributed by atoms with Gasteiger partial charge in [0.05, 0.1) is 4.34 Å². The number of rotatable bonds is 6. The van der Waals surface area contributed by atoms with Crippen LogP contribution in [0.1, 0.15) is 10.4 Å². The molecule has 0 aliphatic rings. The minimum absolute atomic E-state index is 0.203. The van der Waals surface area contributed by atoms with Gasteiger partial charge in [-0.15, -0.1) is 11.3 Å². The van der Waals surface area contributed by atoms with E-state index >= 15 is 0 Å². The van der Waals surface area contributed by atoms with Crippen molar-refractivity contribution in [2.75, 3.05) is 0 Å². The van der Waals surface area contributed by atoms with Gasteiger partial charge in [0.15, 0.2) is 0 Å². The SMILES string of the molecule is FC(F)Oc1ccccc1CNCc1ccc(Cl)s1. The van der Waals surface area contributed by atoms with Crippen molar-refractivity contribution < 1.29 is 13.5 Å². The van der Waals surface area contributed by atoms with Crippen LogP contribution in [0.15, 0.2) is 36.4 Å². The van der Waals surface area contributed by atoms with Crippen molar-refractivity contribution in [2.45, 2.75) is 19.7 Å². The number of halogens is 3. The zero-order chi connectivity index (χ0) is 13.7. The van der Waals surface area contributed by atoms with E-state index in [0.717, 1.165) is 9.21 Å². The lowest BCUT2D eigenvalue weighted by molar-refractivity contribution is -0.0505. The van der Waals surface area contributed by atoms with Crippen LogP contribution < -0.4 is 10.1 Å². The van der Waals surface area contributed by atoms with E-state index in [2.05, 4.69) is 10.1 Å². The fourth-order valence-electron chi connectivity index (χ4n) is 1.63. The maximum atomic E-state index is 12.2. The molecule has 2 aromatic rings. The van der Waals surface area contributed by atoms with Crippen molar-refractivity contribution in [3.8, 4) is 5.75 Å². The number of thiophene rings is 1. The molecule has 2 nitrogen and oxygen atoms in total. The van der Waals surface area contributed by atoms with Gasteiger partial charge in [-0.05, 0) is 18.2 Å². The molecule has 0 fully saturated rings. The Balaban J connectivity index is 1.92. The standard InChI is InChI=1S/C13H12ClF2NOS/c14-12-6-5-10(19-12)8-17-7-9-3-1-2-4-11(9)18-13(15)16/h1-6,13,17H,7-8H2. The summed E-state index contributed by atoms with van der Waals surface area (Å²) in [5.74, 6) is 0.203. The maximum absolute atomic E-state index is 12.2. The summed E-state index contributed by atoms with van der Waals surface area (Å²) in [5, 5.41) is 3.17. The third-order valence-corrected chi connectivity index (χ3v) is 3.66. The molecule has 102 valence electrons. The quantitative estimate of drug-likeness (QED) is 0.859. The first-order valence-corrected chi connectivity index (χ1v) is 6.82. The molecule has 2 rings (SSSR count). The third-order valence-electron chi connectivity index (χ3n) is 2.43. The second kappa shape index (κ2) is 6.84. The smallest absolute Gasteiger partial charge is 0.387 e. The Labute approximate surface area is 119 Å². The van der Waals surface area contributed by atoms with E-state index in [0.29, 0.717) is 18.7 Å². The molecule has 0 radical (unpaired) electrons. The van der Waals surface area contributed by atoms with Gasteiger partial charge in [-0.25, -0.2) is 0 Å². The van der Waals surface area contributed by atoms with Gasteiger partial charge < -0.3 is 10.1 Å². The van der Waals surface area contributed by atoms with Gasteiger partial charge in [-0.2, -0.15) is 8.78 Å². The van der Waals surface area contributed by atoms with E-state index < -0.39 is 6.61 Å². The molecule has 0 spiro atoms. The van der Waals surface area contributed by atoms with Gasteiger partial charge in [0, 0.05) is 23.5 Å². The molecule has 6 heteroatoms. The third kappa shape index (κ3) is 4.45. The highest BCUT2D eigenvalue weighted by molar-refractivity contribution is 7.16. The van der Waals surface area contributed by atoms with Crippen LogP contribution in [0.3, 0.4) is 0 Å². The molecule has 0 bridgehead atoms. The number of alkyl halides is 2. The average molecular weight is 304 g/mol. The number of para-hydroxylation sites is 1. The molecule has 0 atom stereocenters. The van der Waals surface area contributed by atoms with Crippen molar-refractivity contribution in [1.82, 2.24) is 5.32 Å². The van der Waals surface area contributed by atoms with Crippen LogP contribution in [0.25, 0.3) is 0 Å². The monoisotopic (exact) mass is 303 g/mol. The predicted octanol–water partition coefficient (Wildman–Crippen LogP) is 4.29.